The number of amides is 1. The number of carboxylic acids is 1. The highest BCUT2D eigenvalue weighted by Gasteiger charge is 2.24. The van der Waals surface area contributed by atoms with E-state index in [1.807, 2.05) is 24.3 Å². The van der Waals surface area contributed by atoms with E-state index in [1.165, 1.54) is 0 Å². The van der Waals surface area contributed by atoms with Crippen molar-refractivity contribution in [1.29, 1.82) is 0 Å². The largest absolute Gasteiger partial charge is 0.480 e. The molecule has 0 radical (unpaired) electrons. The number of aromatic nitrogens is 2. The molecular weight excluding hydrogens is 358 g/mol. The summed E-state index contributed by atoms with van der Waals surface area (Å²) in [6.07, 6.45) is 3.27. The summed E-state index contributed by atoms with van der Waals surface area (Å²) in [7, 11) is 0. The van der Waals surface area contributed by atoms with Gasteiger partial charge in [0.2, 0.25) is 0 Å². The molecule has 0 fully saturated rings. The summed E-state index contributed by atoms with van der Waals surface area (Å²) in [6.45, 7) is 8.22. The molecule has 1 atom stereocenters. The Morgan fingerprint density at radius 3 is 2.61 bits per heavy atom. The van der Waals surface area contributed by atoms with Gasteiger partial charge in [-0.25, -0.2) is 14.6 Å². The van der Waals surface area contributed by atoms with E-state index in [-0.39, 0.29) is 6.42 Å². The van der Waals surface area contributed by atoms with Crippen molar-refractivity contribution in [3.8, 4) is 0 Å². The zero-order chi connectivity index (χ0) is 20.7. The lowest BCUT2D eigenvalue weighted by atomic mass is 10.1. The molecule has 28 heavy (non-hydrogen) atoms. The predicted octanol–water partition coefficient (Wildman–Crippen LogP) is 4.14. The Bertz CT molecular complexity index is 808. The number of hydrogen-bond acceptors (Lipinski definition) is 4. The first-order valence-electron chi connectivity index (χ1n) is 9.87. The minimum absolute atomic E-state index is 0.242. The minimum atomic E-state index is -1.08. The van der Waals surface area contributed by atoms with Crippen molar-refractivity contribution in [3.05, 3.63) is 30.1 Å². The first kappa shape index (κ1) is 21.7. The van der Waals surface area contributed by atoms with E-state index in [9.17, 15) is 14.7 Å². The average molecular weight is 389 g/mol. The normalized spacial score (nSPS) is 12.7. The molecule has 154 valence electrons. The second kappa shape index (κ2) is 9.57. The molecule has 0 saturated carbocycles. The fourth-order valence-electron chi connectivity index (χ4n) is 3.07. The number of hydrogen-bond donors (Lipinski definition) is 2. The summed E-state index contributed by atoms with van der Waals surface area (Å²) in [5, 5.41) is 11.9. The van der Waals surface area contributed by atoms with Crippen LogP contribution in [0.5, 0.6) is 0 Å². The number of nitrogens with zero attached hydrogens (tertiary/aromatic N) is 2. The highest BCUT2D eigenvalue weighted by molar-refractivity contribution is 5.80. The maximum Gasteiger partial charge on any atom is 0.408 e. The highest BCUT2D eigenvalue weighted by Crippen LogP contribution is 2.19. The van der Waals surface area contributed by atoms with Crippen LogP contribution in [0.3, 0.4) is 0 Å². The van der Waals surface area contributed by atoms with Gasteiger partial charge >= 0.3 is 12.1 Å². The number of imidazole rings is 1. The number of unbranched alkanes of at least 4 members (excludes halogenated alkanes) is 2. The zero-order valence-corrected chi connectivity index (χ0v) is 17.2. The molecule has 0 saturated heterocycles. The second-order valence-electron chi connectivity index (χ2n) is 7.95. The molecule has 0 aliphatic carbocycles. The van der Waals surface area contributed by atoms with Crippen molar-refractivity contribution < 1.29 is 19.4 Å². The van der Waals surface area contributed by atoms with Crippen molar-refractivity contribution in [2.75, 3.05) is 0 Å². The minimum Gasteiger partial charge on any atom is -0.480 e. The summed E-state index contributed by atoms with van der Waals surface area (Å²) < 4.78 is 7.34. The molecule has 1 heterocycles. The van der Waals surface area contributed by atoms with Crippen LogP contribution in [0.2, 0.25) is 0 Å². The fraction of sp³-hybridized carbons (Fsp3) is 0.571. The number of alkyl carbamates (subject to hydrolysis) is 1. The average Bonchev–Trinajstić information content (AvgIpc) is 2.95. The van der Waals surface area contributed by atoms with E-state index >= 15 is 0 Å². The molecule has 2 rings (SSSR count). The number of para-hydroxylation sites is 2. The van der Waals surface area contributed by atoms with Gasteiger partial charge in [-0.3, -0.25) is 0 Å². The van der Waals surface area contributed by atoms with Crippen molar-refractivity contribution >= 4 is 23.1 Å². The van der Waals surface area contributed by atoms with Crippen LogP contribution in [0.4, 0.5) is 4.79 Å². The van der Waals surface area contributed by atoms with Gasteiger partial charge in [0.25, 0.3) is 0 Å². The SMILES string of the molecule is CCCCCn1c(CCC(NC(=O)OC(C)(C)C)C(=O)O)nc2ccccc21. The summed E-state index contributed by atoms with van der Waals surface area (Å²) >= 11 is 0. The van der Waals surface area contributed by atoms with Gasteiger partial charge in [-0.15, -0.1) is 0 Å². The zero-order valence-electron chi connectivity index (χ0n) is 17.2. The summed E-state index contributed by atoms with van der Waals surface area (Å²) in [5.41, 5.74) is 1.28. The molecule has 1 aromatic carbocycles. The third-order valence-electron chi connectivity index (χ3n) is 4.36. The third kappa shape index (κ3) is 6.25. The van der Waals surface area contributed by atoms with E-state index in [0.29, 0.717) is 6.42 Å². The monoisotopic (exact) mass is 389 g/mol. The molecule has 0 bridgehead atoms. The predicted molar refractivity (Wildman–Crippen MR) is 108 cm³/mol. The van der Waals surface area contributed by atoms with Crippen LogP contribution in [0.1, 0.15) is 59.2 Å². The maximum absolute atomic E-state index is 11.9. The molecule has 1 aromatic heterocycles. The Balaban J connectivity index is 2.12. The first-order chi connectivity index (χ1) is 13.2. The van der Waals surface area contributed by atoms with E-state index in [0.717, 1.165) is 42.7 Å². The number of carboxylic acid groups (broad SMARTS) is 1. The maximum atomic E-state index is 11.9. The van der Waals surface area contributed by atoms with Crippen molar-refractivity contribution in [1.82, 2.24) is 14.9 Å². The van der Waals surface area contributed by atoms with Crippen molar-refractivity contribution in [3.63, 3.8) is 0 Å². The Labute approximate surface area is 166 Å². The van der Waals surface area contributed by atoms with Crippen LogP contribution in [-0.4, -0.2) is 38.4 Å². The lowest BCUT2D eigenvalue weighted by Crippen LogP contribution is -2.43. The van der Waals surface area contributed by atoms with Gasteiger partial charge in [-0.05, 0) is 45.7 Å². The molecule has 2 N–H and O–H groups in total. The molecule has 7 heteroatoms. The van der Waals surface area contributed by atoms with Crippen LogP contribution in [-0.2, 0) is 22.5 Å². The lowest BCUT2D eigenvalue weighted by molar-refractivity contribution is -0.139. The Morgan fingerprint density at radius 1 is 1.25 bits per heavy atom. The molecule has 7 nitrogen and oxygen atoms in total. The second-order valence-corrected chi connectivity index (χ2v) is 7.95. The van der Waals surface area contributed by atoms with Gasteiger partial charge < -0.3 is 19.7 Å². The Morgan fingerprint density at radius 2 is 1.96 bits per heavy atom. The van der Waals surface area contributed by atoms with Gasteiger partial charge in [-0.2, -0.15) is 0 Å². The number of carbonyl (C=O) groups excluding carboxylic acids is 1. The van der Waals surface area contributed by atoms with Gasteiger partial charge in [0, 0.05) is 13.0 Å². The van der Waals surface area contributed by atoms with Gasteiger partial charge in [0.1, 0.15) is 17.5 Å². The molecule has 0 spiro atoms. The Hall–Kier alpha value is -2.57. The number of rotatable bonds is 9. The quantitative estimate of drug-likeness (QED) is 0.629. The Kier molecular flexibility index (Phi) is 7.43. The fourth-order valence-corrected chi connectivity index (χ4v) is 3.07. The number of ether oxygens (including phenoxy) is 1. The van der Waals surface area contributed by atoms with Crippen LogP contribution in [0.15, 0.2) is 24.3 Å². The van der Waals surface area contributed by atoms with E-state index in [4.69, 9.17) is 4.74 Å². The van der Waals surface area contributed by atoms with Crippen molar-refractivity contribution in [2.24, 2.45) is 0 Å². The highest BCUT2D eigenvalue weighted by atomic mass is 16.6. The van der Waals surface area contributed by atoms with Crippen LogP contribution < -0.4 is 5.32 Å². The smallest absolute Gasteiger partial charge is 0.408 e. The van der Waals surface area contributed by atoms with Crippen LogP contribution in [0.25, 0.3) is 11.0 Å². The molecule has 0 aliphatic rings. The van der Waals surface area contributed by atoms with Crippen LogP contribution >= 0.6 is 0 Å². The first-order valence-corrected chi connectivity index (χ1v) is 9.87. The van der Waals surface area contributed by atoms with Crippen LogP contribution in [0, 0.1) is 0 Å². The number of nitrogens with one attached hydrogen (secondary N) is 1. The number of fused-ring (bicyclic) bond motifs is 1. The van der Waals surface area contributed by atoms with Crippen molar-refractivity contribution in [2.45, 2.75) is 78.0 Å². The van der Waals surface area contributed by atoms with E-state index in [1.54, 1.807) is 20.8 Å². The van der Waals surface area contributed by atoms with Gasteiger partial charge in [-0.1, -0.05) is 31.9 Å². The summed E-state index contributed by atoms with van der Waals surface area (Å²) in [6, 6.07) is 6.89. The topological polar surface area (TPSA) is 93.5 Å². The number of benzene rings is 1. The third-order valence-corrected chi connectivity index (χ3v) is 4.36. The van der Waals surface area contributed by atoms with E-state index in [2.05, 4.69) is 21.8 Å². The molecular formula is C21H31N3O4. The van der Waals surface area contributed by atoms with E-state index < -0.39 is 23.7 Å². The lowest BCUT2D eigenvalue weighted by Gasteiger charge is -2.22. The number of aliphatic carboxylic acids is 1. The molecule has 1 amide bonds. The summed E-state index contributed by atoms with van der Waals surface area (Å²) in [5.74, 6) is -0.242. The molecule has 0 aliphatic heterocycles. The number of carbonyl (C=O) groups is 2. The van der Waals surface area contributed by atoms with Gasteiger partial charge in [0.05, 0.1) is 11.0 Å². The number of aryl methyl sites for hydroxylation is 2. The summed E-state index contributed by atoms with van der Waals surface area (Å²) in [4.78, 5) is 28.2. The molecule has 2 aromatic rings. The molecule has 1 unspecified atom stereocenters. The standard InChI is InChI=1S/C21H31N3O4/c1-5-6-9-14-24-17-11-8-7-10-15(17)22-18(24)13-12-16(19(25)26)23-20(27)28-21(2,3)4/h7-8,10-11,16H,5-6,9,12-14H2,1-4H3,(H,23,27)(H,25,26). The van der Waals surface area contributed by atoms with Gasteiger partial charge in [0.15, 0.2) is 0 Å².